The van der Waals surface area contributed by atoms with E-state index in [0.29, 0.717) is 29.7 Å². The maximum atomic E-state index is 14.7. The first-order chi connectivity index (χ1) is 20.6. The number of nitrogens with one attached hydrogen (secondary N) is 1. The molecule has 4 atom stereocenters. The number of likely N-dealkylation sites (tertiary alicyclic amines) is 1. The van der Waals surface area contributed by atoms with Gasteiger partial charge in [-0.2, -0.15) is 0 Å². The lowest BCUT2D eigenvalue weighted by Crippen LogP contribution is -2.63. The lowest BCUT2D eigenvalue weighted by molar-refractivity contribution is -0.153. The van der Waals surface area contributed by atoms with E-state index in [9.17, 15) is 24.0 Å². The highest BCUT2D eigenvalue weighted by Gasteiger charge is 2.50. The van der Waals surface area contributed by atoms with E-state index in [0.717, 1.165) is 0 Å². The summed E-state index contributed by atoms with van der Waals surface area (Å²) in [6.45, 7) is 5.00. The number of hydrogen-bond acceptors (Lipinski definition) is 6. The Hall–Kier alpha value is -4.51. The van der Waals surface area contributed by atoms with Crippen molar-refractivity contribution >= 4 is 35.2 Å². The van der Waals surface area contributed by atoms with Crippen LogP contribution in [0.1, 0.15) is 50.8 Å². The minimum absolute atomic E-state index is 0.246. The number of carbonyl (C=O) groups excluding carboxylic acids is 5. The largest absolute Gasteiger partial charge is 0.375 e. The van der Waals surface area contributed by atoms with Crippen molar-refractivity contribution < 1.29 is 28.7 Å². The average molecular weight is 590 g/mol. The lowest BCUT2D eigenvalue weighted by Gasteiger charge is -2.46. The van der Waals surface area contributed by atoms with Crippen molar-refractivity contribution in [2.45, 2.75) is 57.8 Å². The molecule has 0 spiro atoms. The first-order valence-electron chi connectivity index (χ1n) is 14.4. The number of rotatable bonds is 10. The summed E-state index contributed by atoms with van der Waals surface area (Å²) < 4.78 is 5.12. The van der Waals surface area contributed by atoms with Crippen LogP contribution in [0.15, 0.2) is 66.9 Å². The summed E-state index contributed by atoms with van der Waals surface area (Å²) in [5.74, 6) is -2.84. The second-order valence-electron chi connectivity index (χ2n) is 11.1. The maximum Gasteiger partial charge on any atom is 0.253 e. The van der Waals surface area contributed by atoms with Crippen molar-refractivity contribution in [3.8, 4) is 0 Å². The highest BCUT2D eigenvalue weighted by molar-refractivity contribution is 6.02. The van der Waals surface area contributed by atoms with Gasteiger partial charge in [0.25, 0.3) is 11.8 Å². The van der Waals surface area contributed by atoms with Crippen LogP contribution in [-0.2, 0) is 28.7 Å². The summed E-state index contributed by atoms with van der Waals surface area (Å²) in [6.07, 6.45) is 2.53. The van der Waals surface area contributed by atoms with Crippen molar-refractivity contribution in [2.75, 3.05) is 20.3 Å². The molecule has 2 heterocycles. The van der Waals surface area contributed by atoms with Crippen LogP contribution in [0.5, 0.6) is 0 Å². The Morgan fingerprint density at radius 3 is 2.21 bits per heavy atom. The van der Waals surface area contributed by atoms with Crippen LogP contribution in [0.25, 0.3) is 5.70 Å². The monoisotopic (exact) mass is 589 g/mol. The van der Waals surface area contributed by atoms with E-state index in [-0.39, 0.29) is 19.1 Å². The molecule has 4 rings (SSSR count). The van der Waals surface area contributed by atoms with Crippen molar-refractivity contribution in [3.05, 3.63) is 78.0 Å². The molecule has 1 saturated heterocycles. The molecule has 11 heteroatoms. The molecule has 3 N–H and O–H groups in total. The number of hydrogen-bond donors (Lipinski definition) is 2. The van der Waals surface area contributed by atoms with Crippen molar-refractivity contribution in [1.82, 2.24) is 20.0 Å². The number of ether oxygens (including phenoxy) is 1. The van der Waals surface area contributed by atoms with E-state index in [1.54, 1.807) is 54.7 Å². The Balaban J connectivity index is 2.00. The van der Waals surface area contributed by atoms with Gasteiger partial charge in [0.1, 0.15) is 24.7 Å². The molecule has 1 unspecified atom stereocenters. The molecule has 0 aliphatic carbocycles. The number of amides is 5. The zero-order valence-corrected chi connectivity index (χ0v) is 24.9. The minimum Gasteiger partial charge on any atom is -0.375 e. The highest BCUT2D eigenvalue weighted by atomic mass is 16.5. The van der Waals surface area contributed by atoms with Crippen LogP contribution in [0, 0.1) is 5.92 Å². The number of methoxy groups -OCH3 is 1. The maximum absolute atomic E-state index is 14.7. The minimum atomic E-state index is -1.31. The number of carbonyl (C=O) groups is 5. The van der Waals surface area contributed by atoms with Gasteiger partial charge in [-0.1, -0.05) is 74.5 Å². The number of benzene rings is 2. The SMILES string of the molecule is COCC(=O)N1C=C(c2ccccc2)N([C@H](C(=O)N2CCC[C@H]2C(N)=O)C(NC(C)=O)c2ccccc2)C(=O)[C@@H]1C(C)C. The Morgan fingerprint density at radius 2 is 1.65 bits per heavy atom. The molecule has 2 aromatic rings. The summed E-state index contributed by atoms with van der Waals surface area (Å²) in [7, 11) is 1.40. The molecule has 228 valence electrons. The number of nitrogens with two attached hydrogens (primary N) is 1. The summed E-state index contributed by atoms with van der Waals surface area (Å²) in [6, 6.07) is 13.7. The standard InChI is InChI=1S/C32H39N5O6/c1-20(2)28-32(42)37(25(22-12-7-5-8-13-22)18-36(28)26(39)19-43-4)29(31(41)35-17-11-16-24(35)30(33)40)27(34-21(3)38)23-14-9-6-10-15-23/h5-10,12-15,18,20,24,27-29H,11,16-17,19H2,1-4H3,(H2,33,40)(H,34,38)/t24-,27?,28-,29-/m0/s1. The zero-order chi connectivity index (χ0) is 31.3. The average Bonchev–Trinajstić information content (AvgIpc) is 3.48. The van der Waals surface area contributed by atoms with Gasteiger partial charge in [0.2, 0.25) is 17.7 Å². The fraction of sp³-hybridized carbons (Fsp3) is 0.406. The van der Waals surface area contributed by atoms with E-state index in [1.807, 2.05) is 26.0 Å². The van der Waals surface area contributed by atoms with Crippen molar-refractivity contribution in [3.63, 3.8) is 0 Å². The van der Waals surface area contributed by atoms with Crippen LogP contribution in [0.2, 0.25) is 0 Å². The molecule has 11 nitrogen and oxygen atoms in total. The van der Waals surface area contributed by atoms with Gasteiger partial charge in [-0.15, -0.1) is 0 Å². The smallest absolute Gasteiger partial charge is 0.253 e. The lowest BCUT2D eigenvalue weighted by atomic mass is 9.90. The molecule has 0 bridgehead atoms. The normalized spacial score (nSPS) is 20.1. The Morgan fingerprint density at radius 1 is 1.02 bits per heavy atom. The van der Waals surface area contributed by atoms with Gasteiger partial charge in [0.05, 0.1) is 11.7 Å². The highest BCUT2D eigenvalue weighted by Crippen LogP contribution is 2.37. The van der Waals surface area contributed by atoms with Crippen LogP contribution in [-0.4, -0.2) is 82.6 Å². The third-order valence-corrected chi connectivity index (χ3v) is 7.80. The van der Waals surface area contributed by atoms with Crippen LogP contribution >= 0.6 is 0 Å². The van der Waals surface area contributed by atoms with E-state index >= 15 is 0 Å². The second-order valence-corrected chi connectivity index (χ2v) is 11.1. The van der Waals surface area contributed by atoms with E-state index in [4.69, 9.17) is 10.5 Å². The van der Waals surface area contributed by atoms with Gasteiger partial charge >= 0.3 is 0 Å². The van der Waals surface area contributed by atoms with Crippen LogP contribution in [0.3, 0.4) is 0 Å². The van der Waals surface area contributed by atoms with Crippen molar-refractivity contribution in [2.24, 2.45) is 11.7 Å². The van der Waals surface area contributed by atoms with E-state index < -0.39 is 53.7 Å². The van der Waals surface area contributed by atoms with Gasteiger partial charge in [-0.25, -0.2) is 0 Å². The topological polar surface area (TPSA) is 142 Å². The summed E-state index contributed by atoms with van der Waals surface area (Å²) in [4.78, 5) is 72.0. The molecule has 0 saturated carbocycles. The van der Waals surface area contributed by atoms with Gasteiger partial charge in [-0.3, -0.25) is 28.9 Å². The Bertz CT molecular complexity index is 1380. The molecular weight excluding hydrogens is 550 g/mol. The summed E-state index contributed by atoms with van der Waals surface area (Å²) in [5, 5.41) is 2.91. The number of primary amides is 1. The third-order valence-electron chi connectivity index (χ3n) is 7.80. The first-order valence-corrected chi connectivity index (χ1v) is 14.4. The van der Waals surface area contributed by atoms with Gasteiger partial charge in [0, 0.05) is 26.8 Å². The molecular formula is C32H39N5O6. The van der Waals surface area contributed by atoms with E-state index in [2.05, 4.69) is 5.32 Å². The van der Waals surface area contributed by atoms with E-state index in [1.165, 1.54) is 28.7 Å². The predicted molar refractivity (Wildman–Crippen MR) is 159 cm³/mol. The summed E-state index contributed by atoms with van der Waals surface area (Å²) >= 11 is 0. The Kier molecular flexibility index (Phi) is 9.97. The molecule has 2 aliphatic rings. The van der Waals surface area contributed by atoms with Gasteiger partial charge < -0.3 is 25.6 Å². The second kappa shape index (κ2) is 13.6. The third kappa shape index (κ3) is 6.61. The molecule has 2 aliphatic heterocycles. The molecule has 0 radical (unpaired) electrons. The summed E-state index contributed by atoms with van der Waals surface area (Å²) in [5.41, 5.74) is 7.17. The molecule has 2 aromatic carbocycles. The zero-order valence-electron chi connectivity index (χ0n) is 24.9. The molecule has 0 aromatic heterocycles. The predicted octanol–water partition coefficient (Wildman–Crippen LogP) is 2.05. The molecule has 1 fully saturated rings. The fourth-order valence-corrected chi connectivity index (χ4v) is 5.92. The fourth-order valence-electron chi connectivity index (χ4n) is 5.92. The first kappa shape index (κ1) is 31.4. The van der Waals surface area contributed by atoms with Crippen molar-refractivity contribution in [1.29, 1.82) is 0 Å². The van der Waals surface area contributed by atoms with Gasteiger partial charge in [-0.05, 0) is 29.9 Å². The molecule has 43 heavy (non-hydrogen) atoms. The number of nitrogens with zero attached hydrogens (tertiary/aromatic N) is 3. The van der Waals surface area contributed by atoms with Gasteiger partial charge in [0.15, 0.2) is 0 Å². The van der Waals surface area contributed by atoms with Crippen LogP contribution < -0.4 is 11.1 Å². The van der Waals surface area contributed by atoms with Crippen LogP contribution in [0.4, 0.5) is 0 Å². The molecule has 5 amide bonds. The quantitative estimate of drug-likeness (QED) is 0.435. The Labute approximate surface area is 251 Å².